The largest absolute Gasteiger partial charge is 0.507 e. The van der Waals surface area contributed by atoms with E-state index in [1.165, 1.54) is 18.9 Å². The molecule has 0 bridgehead atoms. The second kappa shape index (κ2) is 10.9. The molecule has 7 heteroatoms. The fraction of sp³-hybridized carbons (Fsp3) is 0.324. The number of hydrogen-bond acceptors (Lipinski definition) is 5. The van der Waals surface area contributed by atoms with Crippen molar-refractivity contribution < 1.29 is 24.2 Å². The lowest BCUT2D eigenvalue weighted by atomic mass is 9.84. The molecule has 0 aromatic heterocycles. The van der Waals surface area contributed by atoms with Crippen molar-refractivity contribution in [2.75, 3.05) is 17.3 Å². The molecule has 3 aromatic carbocycles. The van der Waals surface area contributed by atoms with Crippen molar-refractivity contribution >= 4 is 34.7 Å². The van der Waals surface area contributed by atoms with Gasteiger partial charge in [0.2, 0.25) is 5.91 Å². The first-order valence-electron chi connectivity index (χ1n) is 13.6. The molecule has 2 amide bonds. The maximum absolute atomic E-state index is 13.7. The molecule has 1 saturated heterocycles. The van der Waals surface area contributed by atoms with E-state index in [1.807, 2.05) is 30.3 Å². The van der Waals surface area contributed by atoms with E-state index in [9.17, 15) is 19.5 Å². The van der Waals surface area contributed by atoms with E-state index >= 15 is 0 Å². The number of nitrogens with zero attached hydrogens (tertiary/aromatic N) is 1. The Balaban J connectivity index is 1.98. The number of Topliss-reactive ketones (excluding diaryl/α,β-unsaturated/α-hetero) is 1. The molecule has 0 aliphatic carbocycles. The number of benzene rings is 3. The van der Waals surface area contributed by atoms with Crippen LogP contribution in [0, 0.1) is 0 Å². The number of aliphatic hydroxyl groups excluding tert-OH is 1. The highest BCUT2D eigenvalue weighted by Gasteiger charge is 2.47. The van der Waals surface area contributed by atoms with E-state index in [0.29, 0.717) is 28.3 Å². The van der Waals surface area contributed by atoms with Crippen LogP contribution in [0.5, 0.6) is 5.75 Å². The summed E-state index contributed by atoms with van der Waals surface area (Å²) in [6.45, 7) is 13.9. The number of amides is 2. The maximum atomic E-state index is 13.7. The molecule has 1 aliphatic heterocycles. The van der Waals surface area contributed by atoms with Crippen LogP contribution in [0.4, 0.5) is 11.4 Å². The summed E-state index contributed by atoms with van der Waals surface area (Å²) in [5.41, 5.74) is 3.54. The Morgan fingerprint density at radius 2 is 1.49 bits per heavy atom. The summed E-state index contributed by atoms with van der Waals surface area (Å²) < 4.78 is 5.57. The van der Waals surface area contributed by atoms with Crippen molar-refractivity contribution in [3.8, 4) is 5.75 Å². The predicted molar refractivity (Wildman–Crippen MR) is 162 cm³/mol. The molecule has 41 heavy (non-hydrogen) atoms. The first kappa shape index (κ1) is 29.6. The smallest absolute Gasteiger partial charge is 0.300 e. The van der Waals surface area contributed by atoms with Crippen molar-refractivity contribution in [3.05, 3.63) is 94.6 Å². The molecule has 0 radical (unpaired) electrons. The van der Waals surface area contributed by atoms with Crippen LogP contribution in [0.2, 0.25) is 0 Å². The van der Waals surface area contributed by atoms with E-state index in [2.05, 4.69) is 46.9 Å². The minimum atomic E-state index is -0.917. The fourth-order valence-electron chi connectivity index (χ4n) is 5.02. The number of methoxy groups -OCH3 is 1. The summed E-state index contributed by atoms with van der Waals surface area (Å²) in [7, 11) is 1.50. The van der Waals surface area contributed by atoms with Gasteiger partial charge < -0.3 is 15.2 Å². The molecule has 1 aliphatic rings. The summed E-state index contributed by atoms with van der Waals surface area (Å²) >= 11 is 0. The Hall–Kier alpha value is -4.39. The summed E-state index contributed by atoms with van der Waals surface area (Å²) in [4.78, 5) is 40.5. The Bertz CT molecular complexity index is 1540. The fourth-order valence-corrected chi connectivity index (χ4v) is 5.02. The molecule has 1 atom stereocenters. The van der Waals surface area contributed by atoms with Crippen LogP contribution < -0.4 is 15.0 Å². The van der Waals surface area contributed by atoms with Gasteiger partial charge in [0.05, 0.1) is 24.3 Å². The van der Waals surface area contributed by atoms with Gasteiger partial charge >= 0.3 is 0 Å². The molecular formula is C34H38N2O5. The molecule has 7 nitrogen and oxygen atoms in total. The summed E-state index contributed by atoms with van der Waals surface area (Å²) in [6, 6.07) is 19.0. The zero-order valence-corrected chi connectivity index (χ0v) is 25.0. The Morgan fingerprint density at radius 1 is 0.878 bits per heavy atom. The van der Waals surface area contributed by atoms with E-state index in [1.54, 1.807) is 36.4 Å². The van der Waals surface area contributed by atoms with Gasteiger partial charge in [-0.15, -0.1) is 0 Å². The van der Waals surface area contributed by atoms with Gasteiger partial charge in [-0.1, -0.05) is 77.9 Å². The number of carbonyl (C=O) groups excluding carboxylic acids is 3. The van der Waals surface area contributed by atoms with Crippen molar-refractivity contribution in [2.45, 2.75) is 65.3 Å². The van der Waals surface area contributed by atoms with Gasteiger partial charge in [0.15, 0.2) is 0 Å². The van der Waals surface area contributed by atoms with Gasteiger partial charge in [0.1, 0.15) is 11.5 Å². The molecule has 2 N–H and O–H groups in total. The number of nitrogens with one attached hydrogen (secondary N) is 1. The molecule has 0 spiro atoms. The Labute approximate surface area is 241 Å². The van der Waals surface area contributed by atoms with Crippen LogP contribution in [0.3, 0.4) is 0 Å². The second-order valence-corrected chi connectivity index (χ2v) is 12.4. The lowest BCUT2D eigenvalue weighted by molar-refractivity contribution is -0.132. The first-order valence-corrected chi connectivity index (χ1v) is 13.6. The number of carbonyl (C=O) groups is 3. The number of aliphatic hydroxyl groups is 1. The van der Waals surface area contributed by atoms with Gasteiger partial charge in [-0.2, -0.15) is 0 Å². The minimum absolute atomic E-state index is 0.0344. The molecule has 4 rings (SSSR count). The molecule has 1 unspecified atom stereocenters. The minimum Gasteiger partial charge on any atom is -0.507 e. The molecule has 214 valence electrons. The van der Waals surface area contributed by atoms with Crippen LogP contribution in [-0.2, 0) is 25.2 Å². The van der Waals surface area contributed by atoms with E-state index in [4.69, 9.17) is 4.74 Å². The molecule has 0 saturated carbocycles. The second-order valence-electron chi connectivity index (χ2n) is 12.4. The van der Waals surface area contributed by atoms with Crippen molar-refractivity contribution in [1.29, 1.82) is 0 Å². The number of hydrogen-bond donors (Lipinski definition) is 2. The molecular weight excluding hydrogens is 516 g/mol. The van der Waals surface area contributed by atoms with E-state index in [-0.39, 0.29) is 28.1 Å². The third-order valence-electron chi connectivity index (χ3n) is 7.30. The maximum Gasteiger partial charge on any atom is 0.300 e. The lowest BCUT2D eigenvalue weighted by Gasteiger charge is -2.27. The number of ketones is 1. The average Bonchev–Trinajstić information content (AvgIpc) is 3.16. The topological polar surface area (TPSA) is 95.9 Å². The zero-order valence-electron chi connectivity index (χ0n) is 25.0. The average molecular weight is 555 g/mol. The third kappa shape index (κ3) is 5.89. The first-order chi connectivity index (χ1) is 19.1. The van der Waals surface area contributed by atoms with Gasteiger partial charge in [-0.05, 0) is 57.9 Å². The normalized spacial score (nSPS) is 17.1. The Morgan fingerprint density at radius 3 is 2.05 bits per heavy atom. The van der Waals surface area contributed by atoms with E-state index in [0.717, 1.165) is 11.1 Å². The predicted octanol–water partition coefficient (Wildman–Crippen LogP) is 6.87. The number of rotatable bonds is 5. The zero-order chi connectivity index (χ0) is 30.3. The SMILES string of the molecule is COc1ccc(C(C)(C)C)cc1/C(O)=C1\C(=O)C(=O)N(c2cccc(NC(C)=O)c2)C1c1ccc(C(C)(C)C)cc1. The highest BCUT2D eigenvalue weighted by Crippen LogP contribution is 2.44. The van der Waals surface area contributed by atoms with Gasteiger partial charge in [0, 0.05) is 18.3 Å². The van der Waals surface area contributed by atoms with Crippen LogP contribution in [-0.4, -0.2) is 29.8 Å². The number of anilines is 2. The highest BCUT2D eigenvalue weighted by molar-refractivity contribution is 6.51. The van der Waals surface area contributed by atoms with E-state index < -0.39 is 17.7 Å². The van der Waals surface area contributed by atoms with Crippen molar-refractivity contribution in [3.63, 3.8) is 0 Å². The summed E-state index contributed by atoms with van der Waals surface area (Å²) in [5.74, 6) is -1.76. The number of ether oxygens (including phenoxy) is 1. The lowest BCUT2D eigenvalue weighted by Crippen LogP contribution is -2.29. The van der Waals surface area contributed by atoms with Gasteiger partial charge in [0.25, 0.3) is 11.7 Å². The highest BCUT2D eigenvalue weighted by atomic mass is 16.5. The van der Waals surface area contributed by atoms with Gasteiger partial charge in [-0.25, -0.2) is 0 Å². The Kier molecular flexibility index (Phi) is 7.85. The summed E-state index contributed by atoms with van der Waals surface area (Å²) in [5, 5.41) is 14.5. The van der Waals surface area contributed by atoms with Gasteiger partial charge in [-0.3, -0.25) is 19.3 Å². The third-order valence-corrected chi connectivity index (χ3v) is 7.30. The van der Waals surface area contributed by atoms with Crippen LogP contribution in [0.25, 0.3) is 5.76 Å². The van der Waals surface area contributed by atoms with Crippen LogP contribution in [0.1, 0.15) is 76.8 Å². The summed E-state index contributed by atoms with van der Waals surface area (Å²) in [6.07, 6.45) is 0. The van der Waals surface area contributed by atoms with Crippen molar-refractivity contribution in [2.24, 2.45) is 0 Å². The van der Waals surface area contributed by atoms with Crippen molar-refractivity contribution in [1.82, 2.24) is 0 Å². The standard InChI is InChI=1S/C34H38N2O5/c1-20(37)35-24-10-9-11-25(19-24)36-29(21-12-14-22(15-13-21)33(2,3)4)28(31(39)32(36)40)30(38)26-18-23(34(5,6)7)16-17-27(26)41-8/h9-19,29,38H,1-8H3,(H,35,37)/b30-28+. The quantitative estimate of drug-likeness (QED) is 0.204. The van der Waals surface area contributed by atoms with Crippen LogP contribution >= 0.6 is 0 Å². The monoisotopic (exact) mass is 554 g/mol. The molecule has 1 heterocycles. The molecule has 3 aromatic rings. The van der Waals surface area contributed by atoms with Crippen LogP contribution in [0.15, 0.2) is 72.3 Å². The molecule has 1 fully saturated rings.